The van der Waals surface area contributed by atoms with Gasteiger partial charge in [0.15, 0.2) is 11.4 Å². The number of aromatic hydroxyl groups is 1. The van der Waals surface area contributed by atoms with E-state index in [-0.39, 0.29) is 17.5 Å². The van der Waals surface area contributed by atoms with E-state index < -0.39 is 5.97 Å². The van der Waals surface area contributed by atoms with Gasteiger partial charge in [-0.1, -0.05) is 0 Å². The zero-order valence-corrected chi connectivity index (χ0v) is 6.85. The third-order valence-corrected chi connectivity index (χ3v) is 1.47. The van der Waals surface area contributed by atoms with E-state index in [4.69, 9.17) is 10.2 Å². The molecule has 1 heterocycles. The first-order valence-corrected chi connectivity index (χ1v) is 3.53. The molecule has 5 heteroatoms. The Morgan fingerprint density at radius 2 is 2.25 bits per heavy atom. The molecule has 2 N–H and O–H groups in total. The normalized spacial score (nSPS) is 10.6. The molecule has 5 nitrogen and oxygen atoms in total. The zero-order chi connectivity index (χ0) is 9.30. The quantitative estimate of drug-likeness (QED) is 0.690. The van der Waals surface area contributed by atoms with Gasteiger partial charge in [0.05, 0.1) is 6.20 Å². The van der Waals surface area contributed by atoms with Crippen molar-refractivity contribution in [2.45, 2.75) is 19.9 Å². The van der Waals surface area contributed by atoms with E-state index >= 15 is 0 Å². The second-order valence-electron chi connectivity index (χ2n) is 2.72. The molecule has 0 fully saturated rings. The number of rotatable bonds is 2. The van der Waals surface area contributed by atoms with Crippen LogP contribution < -0.4 is 0 Å². The Kier molecular flexibility index (Phi) is 2.03. The van der Waals surface area contributed by atoms with Gasteiger partial charge in [0, 0.05) is 6.04 Å². The summed E-state index contributed by atoms with van der Waals surface area (Å²) in [5, 5.41) is 21.5. The Bertz CT molecular complexity index is 304. The molecule has 0 atom stereocenters. The van der Waals surface area contributed by atoms with E-state index in [2.05, 4.69) is 5.10 Å². The maximum atomic E-state index is 10.6. The molecule has 0 aromatic carbocycles. The molecule has 0 saturated carbocycles. The number of aromatic nitrogens is 2. The smallest absolute Gasteiger partial charge is 0.358 e. The second kappa shape index (κ2) is 2.84. The van der Waals surface area contributed by atoms with Gasteiger partial charge in [0.1, 0.15) is 0 Å². The molecule has 0 amide bonds. The lowest BCUT2D eigenvalue weighted by atomic mass is 10.3. The lowest BCUT2D eigenvalue weighted by Crippen LogP contribution is -2.11. The van der Waals surface area contributed by atoms with Gasteiger partial charge in [-0.15, -0.1) is 0 Å². The summed E-state index contributed by atoms with van der Waals surface area (Å²) in [5.41, 5.74) is -0.162. The molecule has 0 saturated heterocycles. The van der Waals surface area contributed by atoms with Crippen LogP contribution in [0, 0.1) is 0 Å². The molecule has 1 aromatic heterocycles. The number of hydrogen-bond acceptors (Lipinski definition) is 3. The Balaban J connectivity index is 3.21. The van der Waals surface area contributed by atoms with Gasteiger partial charge in [-0.25, -0.2) is 4.79 Å². The van der Waals surface area contributed by atoms with Crippen LogP contribution >= 0.6 is 0 Å². The van der Waals surface area contributed by atoms with Crippen LogP contribution in [0.25, 0.3) is 0 Å². The highest BCUT2D eigenvalue weighted by molar-refractivity contribution is 5.88. The number of carboxylic acid groups (broad SMARTS) is 1. The summed E-state index contributed by atoms with van der Waals surface area (Å²) in [6.07, 6.45) is 1.13. The molecular formula is C7H10N2O3. The molecule has 0 aliphatic rings. The molecule has 66 valence electrons. The lowest BCUT2D eigenvalue weighted by molar-refractivity contribution is 0.0677. The van der Waals surface area contributed by atoms with Gasteiger partial charge in [-0.05, 0) is 13.8 Å². The first-order chi connectivity index (χ1) is 5.54. The monoisotopic (exact) mass is 170 g/mol. The summed E-state index contributed by atoms with van der Waals surface area (Å²) in [5.74, 6) is -1.46. The van der Waals surface area contributed by atoms with Gasteiger partial charge in [-0.2, -0.15) is 5.10 Å². The lowest BCUT2D eigenvalue weighted by Gasteiger charge is -2.06. The maximum absolute atomic E-state index is 10.6. The zero-order valence-electron chi connectivity index (χ0n) is 6.85. The third-order valence-electron chi connectivity index (χ3n) is 1.47. The molecule has 0 radical (unpaired) electrons. The fourth-order valence-corrected chi connectivity index (χ4v) is 0.952. The topological polar surface area (TPSA) is 75.3 Å². The van der Waals surface area contributed by atoms with Crippen molar-refractivity contribution in [2.75, 3.05) is 0 Å². The Hall–Kier alpha value is -1.52. The minimum atomic E-state index is -1.17. The van der Waals surface area contributed by atoms with Crippen LogP contribution in [0.3, 0.4) is 0 Å². The van der Waals surface area contributed by atoms with E-state index in [1.54, 1.807) is 13.8 Å². The fourth-order valence-electron chi connectivity index (χ4n) is 0.952. The van der Waals surface area contributed by atoms with Gasteiger partial charge < -0.3 is 10.2 Å². The van der Waals surface area contributed by atoms with E-state index in [1.165, 1.54) is 4.68 Å². The van der Waals surface area contributed by atoms with Crippen LogP contribution in [0.4, 0.5) is 0 Å². The highest BCUT2D eigenvalue weighted by Crippen LogP contribution is 2.18. The van der Waals surface area contributed by atoms with Crippen molar-refractivity contribution in [3.05, 3.63) is 11.9 Å². The summed E-state index contributed by atoms with van der Waals surface area (Å²) >= 11 is 0. The molecule has 12 heavy (non-hydrogen) atoms. The van der Waals surface area contributed by atoms with Gasteiger partial charge >= 0.3 is 5.97 Å². The molecule has 1 aromatic rings. The number of aromatic carboxylic acids is 1. The summed E-state index contributed by atoms with van der Waals surface area (Å²) in [4.78, 5) is 10.6. The fraction of sp³-hybridized carbons (Fsp3) is 0.429. The molecular weight excluding hydrogens is 160 g/mol. The van der Waals surface area contributed by atoms with E-state index in [0.717, 1.165) is 6.20 Å². The molecule has 0 aliphatic heterocycles. The minimum Gasteiger partial charge on any atom is -0.504 e. The summed E-state index contributed by atoms with van der Waals surface area (Å²) in [7, 11) is 0. The predicted octanol–water partition coefficient (Wildman–Crippen LogP) is 0.868. The van der Waals surface area contributed by atoms with Crippen molar-refractivity contribution in [1.82, 2.24) is 9.78 Å². The number of carbonyl (C=O) groups is 1. The molecule has 0 unspecified atom stereocenters. The van der Waals surface area contributed by atoms with E-state index in [9.17, 15) is 4.79 Å². The third kappa shape index (κ3) is 1.25. The van der Waals surface area contributed by atoms with Crippen molar-refractivity contribution in [2.24, 2.45) is 0 Å². The van der Waals surface area contributed by atoms with Crippen LogP contribution in [0.2, 0.25) is 0 Å². The van der Waals surface area contributed by atoms with Crippen LogP contribution in [-0.4, -0.2) is 26.0 Å². The average Bonchev–Trinajstić information content (AvgIpc) is 2.30. The first kappa shape index (κ1) is 8.58. The Morgan fingerprint density at radius 3 is 2.58 bits per heavy atom. The molecule has 0 spiro atoms. The Labute approximate surface area is 69.2 Å². The number of hydrogen-bond donors (Lipinski definition) is 2. The predicted molar refractivity (Wildman–Crippen MR) is 41.2 cm³/mol. The maximum Gasteiger partial charge on any atom is 0.358 e. The van der Waals surface area contributed by atoms with Crippen molar-refractivity contribution in [3.63, 3.8) is 0 Å². The summed E-state index contributed by atoms with van der Waals surface area (Å²) in [6.45, 7) is 3.58. The second-order valence-corrected chi connectivity index (χ2v) is 2.72. The molecule has 0 bridgehead atoms. The summed E-state index contributed by atoms with van der Waals surface area (Å²) < 4.78 is 1.26. The van der Waals surface area contributed by atoms with E-state index in [1.807, 2.05) is 0 Å². The summed E-state index contributed by atoms with van der Waals surface area (Å²) in [6, 6.07) is -0.0722. The van der Waals surface area contributed by atoms with Crippen LogP contribution in [-0.2, 0) is 0 Å². The number of carboxylic acids is 1. The van der Waals surface area contributed by atoms with Crippen LogP contribution in [0.1, 0.15) is 30.4 Å². The van der Waals surface area contributed by atoms with Crippen molar-refractivity contribution >= 4 is 5.97 Å². The van der Waals surface area contributed by atoms with Gasteiger partial charge in [0.25, 0.3) is 0 Å². The molecule has 1 rings (SSSR count). The van der Waals surface area contributed by atoms with Gasteiger partial charge in [0.2, 0.25) is 0 Å². The minimum absolute atomic E-state index is 0.0722. The first-order valence-electron chi connectivity index (χ1n) is 3.53. The van der Waals surface area contributed by atoms with Crippen molar-refractivity contribution < 1.29 is 15.0 Å². The van der Waals surface area contributed by atoms with Crippen molar-refractivity contribution in [1.29, 1.82) is 0 Å². The highest BCUT2D eigenvalue weighted by Gasteiger charge is 2.18. The molecule has 0 aliphatic carbocycles. The van der Waals surface area contributed by atoms with Crippen LogP contribution in [0.15, 0.2) is 6.20 Å². The Morgan fingerprint density at radius 1 is 1.67 bits per heavy atom. The van der Waals surface area contributed by atoms with Crippen molar-refractivity contribution in [3.8, 4) is 5.75 Å². The standard InChI is InChI=1S/C7H10N2O3/c1-4(2)9-6(7(11)12)5(10)3-8-9/h3-4,10H,1-2H3,(H,11,12). The van der Waals surface area contributed by atoms with Gasteiger partial charge in [-0.3, -0.25) is 4.68 Å². The largest absolute Gasteiger partial charge is 0.504 e. The van der Waals surface area contributed by atoms with E-state index in [0.29, 0.717) is 0 Å². The number of nitrogens with zero attached hydrogens (tertiary/aromatic N) is 2. The highest BCUT2D eigenvalue weighted by atomic mass is 16.4. The van der Waals surface area contributed by atoms with Crippen LogP contribution in [0.5, 0.6) is 5.75 Å². The average molecular weight is 170 g/mol. The SMILES string of the molecule is CC(C)n1ncc(O)c1C(=O)O.